The summed E-state index contributed by atoms with van der Waals surface area (Å²) in [6.07, 6.45) is 0. The first-order chi connectivity index (χ1) is 15.8. The molecule has 11 heteroatoms. The maximum Gasteiger partial charge on any atom is 0.161 e. The molecule has 0 N–H and O–H groups in total. The topological polar surface area (TPSA) is 67.0 Å². The minimum absolute atomic E-state index is 0. The molecular weight excluding hydrogens is 560 g/mol. The van der Waals surface area contributed by atoms with Gasteiger partial charge in [0.1, 0.15) is 24.8 Å². The van der Waals surface area contributed by atoms with Crippen LogP contribution in [0.5, 0.6) is 0 Å². The summed E-state index contributed by atoms with van der Waals surface area (Å²) in [6, 6.07) is 22.1. The molecular formula is C25H25Cl3N5O2V-3. The molecule has 0 spiro atoms. The van der Waals surface area contributed by atoms with Gasteiger partial charge in [-0.1, -0.05) is 30.3 Å². The number of ether oxygens (including phenoxy) is 2. The van der Waals surface area contributed by atoms with Crippen LogP contribution in [-0.4, -0.2) is 37.3 Å². The van der Waals surface area contributed by atoms with E-state index in [1.54, 1.807) is 0 Å². The monoisotopic (exact) mass is 583 g/mol. The predicted molar refractivity (Wildman–Crippen MR) is 125 cm³/mol. The van der Waals surface area contributed by atoms with Crippen molar-refractivity contribution < 1.29 is 65.3 Å². The second kappa shape index (κ2) is 14.6. The first-order valence-corrected chi connectivity index (χ1v) is 10.8. The number of para-hydroxylation sites is 4. The van der Waals surface area contributed by atoms with Crippen LogP contribution in [0.4, 0.5) is 0 Å². The van der Waals surface area contributed by atoms with Crippen LogP contribution in [0.2, 0.25) is 0 Å². The van der Waals surface area contributed by atoms with Crippen molar-refractivity contribution in [1.82, 2.24) is 24.1 Å². The Labute approximate surface area is 240 Å². The molecule has 3 aromatic heterocycles. The summed E-state index contributed by atoms with van der Waals surface area (Å²) < 4.78 is 15.6. The molecule has 1 radical (unpaired) electrons. The summed E-state index contributed by atoms with van der Waals surface area (Å²) in [6.45, 7) is 6.06. The predicted octanol–water partition coefficient (Wildman–Crippen LogP) is -3.89. The third-order valence-electron chi connectivity index (χ3n) is 5.37. The van der Waals surface area contributed by atoms with Gasteiger partial charge in [-0.3, -0.25) is 9.13 Å². The Balaban J connectivity index is 0.00000162. The molecule has 0 saturated heterocycles. The van der Waals surface area contributed by atoms with Crippen LogP contribution in [0, 0.1) is 0 Å². The molecule has 0 bridgehead atoms. The summed E-state index contributed by atoms with van der Waals surface area (Å²) in [5, 5.41) is 0. The Morgan fingerprint density at radius 2 is 1.00 bits per heavy atom. The average molecular weight is 585 g/mol. The van der Waals surface area contributed by atoms with E-state index < -0.39 is 0 Å². The molecule has 5 rings (SSSR count). The molecule has 5 aromatic rings. The zero-order valence-corrected chi connectivity index (χ0v) is 23.5. The number of hydrogen-bond acceptors (Lipinski definition) is 5. The first kappa shape index (κ1) is 31.9. The van der Waals surface area contributed by atoms with Crippen molar-refractivity contribution in [1.29, 1.82) is 0 Å². The van der Waals surface area contributed by atoms with Crippen molar-refractivity contribution in [2.75, 3.05) is 13.2 Å². The van der Waals surface area contributed by atoms with Gasteiger partial charge in [0, 0.05) is 31.8 Å². The second-order valence-electron chi connectivity index (χ2n) is 7.36. The van der Waals surface area contributed by atoms with Gasteiger partial charge in [-0.05, 0) is 50.2 Å². The number of pyridine rings is 1. The van der Waals surface area contributed by atoms with E-state index in [2.05, 4.69) is 21.3 Å². The number of rotatable bonds is 8. The molecule has 0 fully saturated rings. The third-order valence-corrected chi connectivity index (χ3v) is 5.37. The van der Waals surface area contributed by atoms with E-state index in [1.165, 1.54) is 0 Å². The Morgan fingerprint density at radius 3 is 1.42 bits per heavy atom. The van der Waals surface area contributed by atoms with Crippen molar-refractivity contribution in [3.8, 4) is 23.0 Å². The van der Waals surface area contributed by atoms with E-state index in [1.807, 2.05) is 68.4 Å². The van der Waals surface area contributed by atoms with Gasteiger partial charge in [-0.2, -0.15) is 0 Å². The molecule has 2 aromatic carbocycles. The maximum absolute atomic E-state index is 5.73. The van der Waals surface area contributed by atoms with Gasteiger partial charge in [0.05, 0.1) is 22.1 Å². The Kier molecular flexibility index (Phi) is 12.9. The molecule has 0 aliphatic rings. The fraction of sp³-hybridized carbons (Fsp3) is 0.240. The van der Waals surface area contributed by atoms with E-state index in [4.69, 9.17) is 24.4 Å². The molecule has 191 valence electrons. The Bertz CT molecular complexity index is 1290. The van der Waals surface area contributed by atoms with Gasteiger partial charge in [0.15, 0.2) is 11.6 Å². The quantitative estimate of drug-likeness (QED) is 0.187. The van der Waals surface area contributed by atoms with Crippen molar-refractivity contribution in [3.63, 3.8) is 0 Å². The number of imidazole rings is 2. The minimum Gasteiger partial charge on any atom is -1.00 e. The van der Waals surface area contributed by atoms with E-state index >= 15 is 0 Å². The smallest absolute Gasteiger partial charge is 0.161 e. The summed E-state index contributed by atoms with van der Waals surface area (Å²) in [5.41, 5.74) is 5.41. The largest absolute Gasteiger partial charge is 1.00 e. The average Bonchev–Trinajstić information content (AvgIpc) is 3.40. The van der Waals surface area contributed by atoms with Gasteiger partial charge in [-0.15, -0.1) is 0 Å². The number of aromatic nitrogens is 5. The van der Waals surface area contributed by atoms with Crippen LogP contribution in [0.1, 0.15) is 13.8 Å². The van der Waals surface area contributed by atoms with E-state index in [9.17, 15) is 0 Å². The number of benzene rings is 2. The van der Waals surface area contributed by atoms with Crippen LogP contribution in [0.25, 0.3) is 45.1 Å². The van der Waals surface area contributed by atoms with Gasteiger partial charge in [-0.25, -0.2) is 15.0 Å². The van der Waals surface area contributed by atoms with Crippen LogP contribution in [-0.2, 0) is 41.5 Å². The number of hydrogen-bond donors (Lipinski definition) is 0. The second-order valence-corrected chi connectivity index (χ2v) is 7.36. The zero-order valence-electron chi connectivity index (χ0n) is 19.8. The van der Waals surface area contributed by atoms with Gasteiger partial charge >= 0.3 is 0 Å². The SMILES string of the molecule is CCOCn1c(-c2cccc(-c3nc4ccccc4n3COCC)n2)nc2ccccc21.[Cl-].[Cl-].[Cl-].[V]. The zero-order chi connectivity index (χ0) is 21.9. The number of nitrogens with zero attached hydrogens (tertiary/aromatic N) is 5. The van der Waals surface area contributed by atoms with Crippen molar-refractivity contribution in [2.24, 2.45) is 0 Å². The molecule has 36 heavy (non-hydrogen) atoms. The van der Waals surface area contributed by atoms with Gasteiger partial charge in [0.25, 0.3) is 0 Å². The molecule has 0 aliphatic carbocycles. The van der Waals surface area contributed by atoms with Crippen LogP contribution < -0.4 is 37.2 Å². The fourth-order valence-corrected chi connectivity index (χ4v) is 3.85. The number of fused-ring (bicyclic) bond motifs is 2. The maximum atomic E-state index is 5.73. The fourth-order valence-electron chi connectivity index (χ4n) is 3.85. The van der Waals surface area contributed by atoms with Crippen LogP contribution >= 0.6 is 0 Å². The molecule has 0 saturated carbocycles. The Morgan fingerprint density at radius 1 is 0.583 bits per heavy atom. The van der Waals surface area contributed by atoms with Crippen molar-refractivity contribution in [2.45, 2.75) is 27.3 Å². The minimum atomic E-state index is 0. The van der Waals surface area contributed by atoms with Crippen LogP contribution in [0.3, 0.4) is 0 Å². The molecule has 0 unspecified atom stereocenters. The Hall–Kier alpha value is -2.10. The normalized spacial score (nSPS) is 10.3. The first-order valence-electron chi connectivity index (χ1n) is 10.8. The van der Waals surface area contributed by atoms with E-state index in [0.717, 1.165) is 45.1 Å². The third kappa shape index (κ3) is 6.24. The summed E-state index contributed by atoms with van der Waals surface area (Å²) >= 11 is 0. The van der Waals surface area contributed by atoms with Crippen LogP contribution in [0.15, 0.2) is 66.7 Å². The van der Waals surface area contributed by atoms with E-state index in [-0.39, 0.29) is 55.8 Å². The molecule has 3 heterocycles. The summed E-state index contributed by atoms with van der Waals surface area (Å²) in [5.74, 6) is 1.54. The standard InChI is InChI=1S/C25H25N5O2.3ClH.V/c1-3-31-16-29-22-14-7-5-10-18(22)27-24(29)20-12-9-13-21(26-20)25-28-19-11-6-8-15-23(19)30(25)17-32-4-2;;;;/h5-15H,3-4,16-17H2,1-2H3;3*1H;/p-3. The molecule has 0 atom stereocenters. The number of halogens is 3. The van der Waals surface area contributed by atoms with Gasteiger partial charge in [0.2, 0.25) is 0 Å². The summed E-state index contributed by atoms with van der Waals surface area (Å²) in [7, 11) is 0. The van der Waals surface area contributed by atoms with Crippen molar-refractivity contribution >= 4 is 22.1 Å². The molecule has 7 nitrogen and oxygen atoms in total. The van der Waals surface area contributed by atoms with Crippen molar-refractivity contribution in [3.05, 3.63) is 66.7 Å². The molecule has 0 amide bonds. The summed E-state index contributed by atoms with van der Waals surface area (Å²) in [4.78, 5) is 14.7. The van der Waals surface area contributed by atoms with Gasteiger partial charge < -0.3 is 46.7 Å². The molecule has 0 aliphatic heterocycles. The van der Waals surface area contributed by atoms with E-state index in [0.29, 0.717) is 26.7 Å².